The molecule has 1 saturated carbocycles. The Morgan fingerprint density at radius 3 is 2.80 bits per heavy atom. The quantitative estimate of drug-likeness (QED) is 0.380. The Morgan fingerprint density at radius 2 is 2.30 bits per heavy atom. The molecule has 0 aromatic rings. The van der Waals surface area contributed by atoms with Crippen LogP contribution in [-0.4, -0.2) is 11.5 Å². The van der Waals surface area contributed by atoms with Gasteiger partial charge in [-0.3, -0.25) is 0 Å². The molecule has 3 atom stereocenters. The van der Waals surface area contributed by atoms with E-state index in [0.29, 0.717) is 12.8 Å². The molecular weight excluding hydrogens is 151 g/mol. The van der Waals surface area contributed by atoms with Crippen molar-refractivity contribution < 1.29 is 4.39 Å². The van der Waals surface area contributed by atoms with E-state index in [1.54, 1.807) is 0 Å². The smallest absolute Gasteiger partial charge is 0.105 e. The summed E-state index contributed by atoms with van der Waals surface area (Å²) in [6.45, 7) is 5.78. The Bertz CT molecular complexity index is 144. The molecule has 0 N–H and O–H groups in total. The number of allylic oxidation sites excluding steroid dienone is 1. The molecule has 0 aliphatic heterocycles. The first-order valence-electron chi connectivity index (χ1n) is 3.57. The van der Waals surface area contributed by atoms with Crippen LogP contribution < -0.4 is 0 Å². The summed E-state index contributed by atoms with van der Waals surface area (Å²) in [5.41, 5.74) is 0.957. The maximum atomic E-state index is 12.7. The summed E-state index contributed by atoms with van der Waals surface area (Å²) in [4.78, 5) is 0. The Morgan fingerprint density at radius 1 is 1.70 bits per heavy atom. The lowest BCUT2D eigenvalue weighted by Gasteiger charge is -2.28. The fourth-order valence-corrected chi connectivity index (χ4v) is 1.63. The summed E-state index contributed by atoms with van der Waals surface area (Å²) < 4.78 is 12.7. The van der Waals surface area contributed by atoms with E-state index in [1.165, 1.54) is 0 Å². The summed E-state index contributed by atoms with van der Waals surface area (Å²) in [5, 5.41) is -0.0451. The van der Waals surface area contributed by atoms with Crippen LogP contribution in [-0.2, 0) is 0 Å². The Balaban J connectivity index is 2.57. The summed E-state index contributed by atoms with van der Waals surface area (Å²) in [7, 11) is 0. The molecular formula is C8H12ClF. The molecule has 0 saturated heterocycles. The highest BCUT2D eigenvalue weighted by Gasteiger charge is 2.28. The molecule has 0 nitrogen and oxygen atoms in total. The van der Waals surface area contributed by atoms with Crippen molar-refractivity contribution in [3.63, 3.8) is 0 Å². The van der Waals surface area contributed by atoms with Crippen molar-refractivity contribution in [2.45, 2.75) is 31.3 Å². The van der Waals surface area contributed by atoms with E-state index >= 15 is 0 Å². The zero-order valence-electron chi connectivity index (χ0n) is 6.11. The van der Waals surface area contributed by atoms with Crippen LogP contribution in [0.3, 0.4) is 0 Å². The predicted octanol–water partition coefficient (Wildman–Crippen LogP) is 2.92. The highest BCUT2D eigenvalue weighted by atomic mass is 35.5. The average molecular weight is 163 g/mol. The number of alkyl halides is 2. The maximum absolute atomic E-state index is 12.7. The van der Waals surface area contributed by atoms with Gasteiger partial charge in [0.1, 0.15) is 6.17 Å². The minimum Gasteiger partial charge on any atom is -0.247 e. The SMILES string of the molecule is C=C1CC(F)CC(Cl)C1C. The molecule has 1 fully saturated rings. The lowest BCUT2D eigenvalue weighted by Crippen LogP contribution is -2.25. The Hall–Kier alpha value is -0.0400. The van der Waals surface area contributed by atoms with Crippen molar-refractivity contribution >= 4 is 11.6 Å². The number of rotatable bonds is 0. The van der Waals surface area contributed by atoms with Crippen LogP contribution in [0.15, 0.2) is 12.2 Å². The van der Waals surface area contributed by atoms with E-state index in [1.807, 2.05) is 6.92 Å². The van der Waals surface area contributed by atoms with Gasteiger partial charge in [0.15, 0.2) is 0 Å². The lowest BCUT2D eigenvalue weighted by atomic mass is 9.85. The van der Waals surface area contributed by atoms with Gasteiger partial charge in [-0.25, -0.2) is 4.39 Å². The van der Waals surface area contributed by atoms with Crippen LogP contribution in [0.4, 0.5) is 4.39 Å². The Kier molecular flexibility index (Phi) is 2.35. The predicted molar refractivity (Wildman–Crippen MR) is 42.1 cm³/mol. The number of hydrogen-bond donors (Lipinski definition) is 0. The largest absolute Gasteiger partial charge is 0.247 e. The monoisotopic (exact) mass is 162 g/mol. The minimum absolute atomic E-state index is 0.0451. The molecule has 1 aliphatic carbocycles. The molecule has 10 heavy (non-hydrogen) atoms. The highest BCUT2D eigenvalue weighted by molar-refractivity contribution is 6.21. The summed E-state index contributed by atoms with van der Waals surface area (Å²) in [6.07, 6.45) is 0.234. The summed E-state index contributed by atoms with van der Waals surface area (Å²) in [5.74, 6) is 0.286. The number of hydrogen-bond acceptors (Lipinski definition) is 0. The normalized spacial score (nSPS) is 41.9. The molecule has 1 aliphatic rings. The molecule has 0 radical (unpaired) electrons. The van der Waals surface area contributed by atoms with Crippen molar-refractivity contribution in [3.8, 4) is 0 Å². The van der Waals surface area contributed by atoms with Crippen molar-refractivity contribution in [1.82, 2.24) is 0 Å². The van der Waals surface area contributed by atoms with Gasteiger partial charge in [-0.2, -0.15) is 0 Å². The van der Waals surface area contributed by atoms with Gasteiger partial charge in [0.25, 0.3) is 0 Å². The first kappa shape index (κ1) is 8.06. The van der Waals surface area contributed by atoms with Crippen molar-refractivity contribution in [1.29, 1.82) is 0 Å². The second-order valence-corrected chi connectivity index (χ2v) is 3.56. The van der Waals surface area contributed by atoms with Gasteiger partial charge in [-0.15, -0.1) is 11.6 Å². The lowest BCUT2D eigenvalue weighted by molar-refractivity contribution is 0.264. The van der Waals surface area contributed by atoms with Crippen molar-refractivity contribution in [2.24, 2.45) is 5.92 Å². The van der Waals surface area contributed by atoms with Crippen LogP contribution in [0.25, 0.3) is 0 Å². The molecule has 0 aromatic heterocycles. The fraction of sp³-hybridized carbons (Fsp3) is 0.750. The van der Waals surface area contributed by atoms with Gasteiger partial charge in [0, 0.05) is 5.38 Å². The fourth-order valence-electron chi connectivity index (χ4n) is 1.26. The topological polar surface area (TPSA) is 0 Å². The van der Waals surface area contributed by atoms with Gasteiger partial charge in [-0.1, -0.05) is 19.1 Å². The second kappa shape index (κ2) is 2.91. The zero-order chi connectivity index (χ0) is 7.72. The molecule has 1 rings (SSSR count). The second-order valence-electron chi connectivity index (χ2n) is 3.00. The van der Waals surface area contributed by atoms with Crippen molar-refractivity contribution in [3.05, 3.63) is 12.2 Å². The number of halogens is 2. The van der Waals surface area contributed by atoms with Crippen LogP contribution in [0.1, 0.15) is 19.8 Å². The maximum Gasteiger partial charge on any atom is 0.105 e. The first-order chi connectivity index (χ1) is 4.61. The third kappa shape index (κ3) is 1.51. The van der Waals surface area contributed by atoms with Gasteiger partial charge in [0.2, 0.25) is 0 Å². The molecule has 3 unspecified atom stereocenters. The summed E-state index contributed by atoms with van der Waals surface area (Å²) >= 11 is 5.86. The molecule has 0 bridgehead atoms. The van der Waals surface area contributed by atoms with E-state index in [4.69, 9.17) is 11.6 Å². The molecule has 58 valence electrons. The van der Waals surface area contributed by atoms with E-state index < -0.39 is 6.17 Å². The third-order valence-corrected chi connectivity index (χ3v) is 2.71. The molecule has 0 amide bonds. The van der Waals surface area contributed by atoms with Gasteiger partial charge < -0.3 is 0 Å². The Labute approximate surface area is 66.1 Å². The first-order valence-corrected chi connectivity index (χ1v) is 4.00. The van der Waals surface area contributed by atoms with Crippen LogP contribution in [0.2, 0.25) is 0 Å². The highest BCUT2D eigenvalue weighted by Crippen LogP contribution is 2.33. The van der Waals surface area contributed by atoms with Crippen LogP contribution >= 0.6 is 11.6 Å². The van der Waals surface area contributed by atoms with Gasteiger partial charge in [-0.05, 0) is 18.8 Å². The van der Waals surface area contributed by atoms with Crippen molar-refractivity contribution in [2.75, 3.05) is 0 Å². The molecule has 0 spiro atoms. The molecule has 2 heteroatoms. The van der Waals surface area contributed by atoms with E-state index in [-0.39, 0.29) is 11.3 Å². The summed E-state index contributed by atoms with van der Waals surface area (Å²) in [6, 6.07) is 0. The van der Waals surface area contributed by atoms with Gasteiger partial charge in [0.05, 0.1) is 0 Å². The minimum atomic E-state index is -0.758. The molecule has 0 heterocycles. The van der Waals surface area contributed by atoms with Crippen LogP contribution in [0.5, 0.6) is 0 Å². The van der Waals surface area contributed by atoms with E-state index in [0.717, 1.165) is 5.57 Å². The standard InChI is InChI=1S/C8H12ClF/c1-5-3-7(10)4-8(9)6(5)2/h6-8H,1,3-4H2,2H3. The zero-order valence-corrected chi connectivity index (χ0v) is 6.87. The van der Waals surface area contributed by atoms with E-state index in [2.05, 4.69) is 6.58 Å². The van der Waals surface area contributed by atoms with Gasteiger partial charge >= 0.3 is 0 Å². The van der Waals surface area contributed by atoms with E-state index in [9.17, 15) is 4.39 Å². The van der Waals surface area contributed by atoms with Crippen LogP contribution in [0, 0.1) is 5.92 Å². The third-order valence-electron chi connectivity index (χ3n) is 2.15. The average Bonchev–Trinajstić information content (AvgIpc) is 1.82. The molecule has 0 aromatic carbocycles.